The van der Waals surface area contributed by atoms with Crippen LogP contribution in [0.4, 0.5) is 0 Å². The van der Waals surface area contributed by atoms with Gasteiger partial charge < -0.3 is 14.8 Å². The molecule has 1 aliphatic heterocycles. The lowest BCUT2D eigenvalue weighted by molar-refractivity contribution is -0.131. The van der Waals surface area contributed by atoms with E-state index >= 15 is 0 Å². The molecule has 1 saturated heterocycles. The summed E-state index contributed by atoms with van der Waals surface area (Å²) in [6.07, 6.45) is 1.43. The van der Waals surface area contributed by atoms with Crippen LogP contribution in [0.1, 0.15) is 25.0 Å². The average molecular weight is 297 g/mol. The lowest BCUT2D eigenvalue weighted by atomic mass is 10.2. The number of thiazole rings is 1. The summed E-state index contributed by atoms with van der Waals surface area (Å²) < 4.78 is 1.70. The van der Waals surface area contributed by atoms with Gasteiger partial charge in [0.1, 0.15) is 0 Å². The van der Waals surface area contributed by atoms with Gasteiger partial charge in [-0.2, -0.15) is 0 Å². The minimum Gasteiger partial charge on any atom is -0.354 e. The van der Waals surface area contributed by atoms with E-state index in [4.69, 9.17) is 0 Å². The lowest BCUT2D eigenvalue weighted by Crippen LogP contribution is -2.34. The highest BCUT2D eigenvalue weighted by molar-refractivity contribution is 7.07. The molecule has 0 spiro atoms. The van der Waals surface area contributed by atoms with Gasteiger partial charge in [-0.25, -0.2) is 0 Å². The molecule has 7 heteroatoms. The van der Waals surface area contributed by atoms with E-state index in [2.05, 4.69) is 5.32 Å². The van der Waals surface area contributed by atoms with Crippen molar-refractivity contribution in [1.82, 2.24) is 14.8 Å². The number of rotatable bonds is 4. The molecule has 110 valence electrons. The number of aryl methyl sites for hydroxylation is 1. The SMILES string of the molecule is Cc1csc(=O)n1CCCC(=O)N1CCNC(=O)CC1. The van der Waals surface area contributed by atoms with E-state index in [0.29, 0.717) is 45.4 Å². The number of carbonyl (C=O) groups excluding carboxylic acids is 2. The van der Waals surface area contributed by atoms with Crippen molar-refractivity contribution >= 4 is 23.2 Å². The Kier molecular flexibility index (Phi) is 4.94. The van der Waals surface area contributed by atoms with Gasteiger partial charge in [0, 0.05) is 50.1 Å². The molecule has 0 atom stereocenters. The second kappa shape index (κ2) is 6.69. The fraction of sp³-hybridized carbons (Fsp3) is 0.615. The number of nitrogens with one attached hydrogen (secondary N) is 1. The number of aromatic nitrogens is 1. The summed E-state index contributed by atoms with van der Waals surface area (Å²) in [6, 6.07) is 0. The number of hydrogen-bond donors (Lipinski definition) is 1. The van der Waals surface area contributed by atoms with Crippen LogP contribution in [0.2, 0.25) is 0 Å². The molecular formula is C13H19N3O3S. The molecule has 0 saturated carbocycles. The molecular weight excluding hydrogens is 278 g/mol. The van der Waals surface area contributed by atoms with Crippen LogP contribution < -0.4 is 10.2 Å². The molecule has 1 aromatic rings. The Balaban J connectivity index is 1.80. The third-order valence-electron chi connectivity index (χ3n) is 3.41. The van der Waals surface area contributed by atoms with Gasteiger partial charge in [0.15, 0.2) is 0 Å². The maximum absolute atomic E-state index is 12.1. The Hall–Kier alpha value is -1.63. The van der Waals surface area contributed by atoms with Gasteiger partial charge in [-0.3, -0.25) is 14.4 Å². The van der Waals surface area contributed by atoms with E-state index in [-0.39, 0.29) is 16.7 Å². The molecule has 1 fully saturated rings. The van der Waals surface area contributed by atoms with Crippen LogP contribution in [-0.2, 0) is 16.1 Å². The number of amides is 2. The van der Waals surface area contributed by atoms with Gasteiger partial charge in [0.25, 0.3) is 0 Å². The van der Waals surface area contributed by atoms with Crippen LogP contribution in [-0.4, -0.2) is 40.9 Å². The van der Waals surface area contributed by atoms with E-state index in [1.807, 2.05) is 12.3 Å². The maximum Gasteiger partial charge on any atom is 0.307 e. The molecule has 0 unspecified atom stereocenters. The number of nitrogens with zero attached hydrogens (tertiary/aromatic N) is 2. The van der Waals surface area contributed by atoms with Gasteiger partial charge in [-0.05, 0) is 13.3 Å². The van der Waals surface area contributed by atoms with Crippen LogP contribution in [0, 0.1) is 6.92 Å². The molecule has 1 aliphatic rings. The van der Waals surface area contributed by atoms with E-state index in [0.717, 1.165) is 5.69 Å². The first kappa shape index (κ1) is 14.8. The molecule has 2 rings (SSSR count). The zero-order valence-corrected chi connectivity index (χ0v) is 12.4. The summed E-state index contributed by atoms with van der Waals surface area (Å²) in [6.45, 7) is 4.05. The zero-order chi connectivity index (χ0) is 14.5. The van der Waals surface area contributed by atoms with Crippen LogP contribution in [0.3, 0.4) is 0 Å². The molecule has 0 aromatic carbocycles. The monoisotopic (exact) mass is 297 g/mol. The van der Waals surface area contributed by atoms with Gasteiger partial charge >= 0.3 is 4.87 Å². The molecule has 20 heavy (non-hydrogen) atoms. The van der Waals surface area contributed by atoms with Crippen LogP contribution in [0.15, 0.2) is 10.2 Å². The Morgan fingerprint density at radius 1 is 1.40 bits per heavy atom. The van der Waals surface area contributed by atoms with Gasteiger partial charge in [-0.1, -0.05) is 11.3 Å². The minimum absolute atomic E-state index is 0.000695. The Labute approximate surface area is 121 Å². The summed E-state index contributed by atoms with van der Waals surface area (Å²) in [5.74, 6) is 0.0585. The van der Waals surface area contributed by atoms with Crippen LogP contribution >= 0.6 is 11.3 Å². The number of hydrogen-bond acceptors (Lipinski definition) is 4. The van der Waals surface area contributed by atoms with Crippen molar-refractivity contribution in [3.05, 3.63) is 20.7 Å². The minimum atomic E-state index is 0.000695. The molecule has 0 bridgehead atoms. The van der Waals surface area contributed by atoms with Crippen molar-refractivity contribution in [2.45, 2.75) is 32.7 Å². The highest BCUT2D eigenvalue weighted by Crippen LogP contribution is 2.05. The summed E-state index contributed by atoms with van der Waals surface area (Å²) in [7, 11) is 0. The van der Waals surface area contributed by atoms with Gasteiger partial charge in [0.05, 0.1) is 0 Å². The maximum atomic E-state index is 12.1. The van der Waals surface area contributed by atoms with Crippen LogP contribution in [0.5, 0.6) is 0 Å². The third-order valence-corrected chi connectivity index (χ3v) is 4.30. The van der Waals surface area contributed by atoms with Crippen molar-refractivity contribution in [2.24, 2.45) is 0 Å². The second-order valence-electron chi connectivity index (χ2n) is 4.88. The van der Waals surface area contributed by atoms with Gasteiger partial charge in [0.2, 0.25) is 11.8 Å². The smallest absolute Gasteiger partial charge is 0.307 e. The molecule has 0 radical (unpaired) electrons. The first-order valence-corrected chi connectivity index (χ1v) is 7.65. The highest BCUT2D eigenvalue weighted by atomic mass is 32.1. The van der Waals surface area contributed by atoms with Crippen LogP contribution in [0.25, 0.3) is 0 Å². The first-order chi connectivity index (χ1) is 9.58. The van der Waals surface area contributed by atoms with Gasteiger partial charge in [-0.15, -0.1) is 0 Å². The third kappa shape index (κ3) is 3.69. The molecule has 2 amide bonds. The van der Waals surface area contributed by atoms with E-state index < -0.39 is 0 Å². The fourth-order valence-electron chi connectivity index (χ4n) is 2.24. The Morgan fingerprint density at radius 3 is 2.90 bits per heavy atom. The summed E-state index contributed by atoms with van der Waals surface area (Å²) >= 11 is 1.19. The summed E-state index contributed by atoms with van der Waals surface area (Å²) in [5.41, 5.74) is 0.942. The molecule has 6 nitrogen and oxygen atoms in total. The normalized spacial score (nSPS) is 15.8. The molecule has 0 aliphatic carbocycles. The fourth-order valence-corrected chi connectivity index (χ4v) is 3.00. The first-order valence-electron chi connectivity index (χ1n) is 6.77. The lowest BCUT2D eigenvalue weighted by Gasteiger charge is -2.19. The van der Waals surface area contributed by atoms with E-state index in [9.17, 15) is 14.4 Å². The standard InChI is InChI=1S/C13H19N3O3S/c1-10-9-20-13(19)16(10)6-2-3-12(18)15-7-4-11(17)14-5-8-15/h9H,2-8H2,1H3,(H,14,17). The van der Waals surface area contributed by atoms with Crippen molar-refractivity contribution in [1.29, 1.82) is 0 Å². The van der Waals surface area contributed by atoms with Crippen molar-refractivity contribution in [3.8, 4) is 0 Å². The number of carbonyl (C=O) groups is 2. The predicted molar refractivity (Wildman–Crippen MR) is 76.8 cm³/mol. The summed E-state index contributed by atoms with van der Waals surface area (Å²) in [5, 5.41) is 4.58. The predicted octanol–water partition coefficient (Wildman–Crippen LogP) is 0.347. The molecule has 1 N–H and O–H groups in total. The Bertz CT molecular complexity index is 549. The zero-order valence-electron chi connectivity index (χ0n) is 11.6. The largest absolute Gasteiger partial charge is 0.354 e. The Morgan fingerprint density at radius 2 is 2.20 bits per heavy atom. The van der Waals surface area contributed by atoms with Crippen molar-refractivity contribution in [2.75, 3.05) is 19.6 Å². The quantitative estimate of drug-likeness (QED) is 0.871. The second-order valence-corrected chi connectivity index (χ2v) is 5.70. The average Bonchev–Trinajstić information content (AvgIpc) is 2.63. The topological polar surface area (TPSA) is 71.4 Å². The molecule has 1 aromatic heterocycles. The van der Waals surface area contributed by atoms with E-state index in [1.165, 1.54) is 11.3 Å². The van der Waals surface area contributed by atoms with Crippen molar-refractivity contribution < 1.29 is 9.59 Å². The highest BCUT2D eigenvalue weighted by Gasteiger charge is 2.17. The summed E-state index contributed by atoms with van der Waals surface area (Å²) in [4.78, 5) is 36.6. The van der Waals surface area contributed by atoms with Crippen molar-refractivity contribution in [3.63, 3.8) is 0 Å². The molecule has 2 heterocycles. The van der Waals surface area contributed by atoms with E-state index in [1.54, 1.807) is 9.47 Å².